The Balaban J connectivity index is 1.55. The van der Waals surface area contributed by atoms with Crippen LogP contribution in [0.1, 0.15) is 30.4 Å². The zero-order valence-corrected chi connectivity index (χ0v) is 16.8. The molecule has 0 saturated carbocycles. The summed E-state index contributed by atoms with van der Waals surface area (Å²) in [6.45, 7) is 5.83. The maximum atomic E-state index is 13.0. The highest BCUT2D eigenvalue weighted by atomic mass is 16.5. The van der Waals surface area contributed by atoms with E-state index in [9.17, 15) is 9.59 Å². The molecule has 0 aliphatic carbocycles. The summed E-state index contributed by atoms with van der Waals surface area (Å²) >= 11 is 0. The second kappa shape index (κ2) is 7.96. The summed E-state index contributed by atoms with van der Waals surface area (Å²) in [5.41, 5.74) is 0.447. The normalized spacial score (nSPS) is 22.9. The number of anilines is 1. The number of benzene rings is 1. The standard InChI is InChI=1S/C21H26N4O4/c1-16(2)25-9-8-18(22-25)20(27)23-10-11-29-21(13-23)14-24(19(26)12-28-15-21)17-6-4-3-5-7-17/h3-9,16H,10-15H2,1-2H3. The lowest BCUT2D eigenvalue weighted by Gasteiger charge is -2.43. The number of hydrogen-bond donors (Lipinski definition) is 0. The number of carbonyl (C=O) groups is 2. The third kappa shape index (κ3) is 4.04. The molecule has 1 aromatic heterocycles. The van der Waals surface area contributed by atoms with Crippen LogP contribution in [0.15, 0.2) is 42.6 Å². The third-order valence-corrected chi connectivity index (χ3v) is 5.30. The Morgan fingerprint density at radius 3 is 2.69 bits per heavy atom. The summed E-state index contributed by atoms with van der Waals surface area (Å²) in [5.74, 6) is -0.246. The first-order valence-electron chi connectivity index (χ1n) is 9.89. The average Bonchev–Trinajstić information content (AvgIpc) is 3.17. The molecule has 29 heavy (non-hydrogen) atoms. The predicted molar refractivity (Wildman–Crippen MR) is 107 cm³/mol. The highest BCUT2D eigenvalue weighted by Gasteiger charge is 2.44. The third-order valence-electron chi connectivity index (χ3n) is 5.30. The van der Waals surface area contributed by atoms with E-state index in [1.54, 1.807) is 20.5 Å². The van der Waals surface area contributed by atoms with Gasteiger partial charge in [-0.3, -0.25) is 14.3 Å². The Morgan fingerprint density at radius 1 is 1.17 bits per heavy atom. The number of morpholine rings is 1. The molecule has 154 valence electrons. The zero-order chi connectivity index (χ0) is 20.4. The van der Waals surface area contributed by atoms with E-state index in [4.69, 9.17) is 9.47 Å². The van der Waals surface area contributed by atoms with E-state index in [0.717, 1.165) is 5.69 Å². The molecule has 2 amide bonds. The zero-order valence-electron chi connectivity index (χ0n) is 16.8. The van der Waals surface area contributed by atoms with Gasteiger partial charge in [0.15, 0.2) is 0 Å². The Bertz CT molecular complexity index is 882. The van der Waals surface area contributed by atoms with E-state index in [-0.39, 0.29) is 31.1 Å². The largest absolute Gasteiger partial charge is 0.368 e. The van der Waals surface area contributed by atoms with Crippen LogP contribution in [0.25, 0.3) is 0 Å². The predicted octanol–water partition coefficient (Wildman–Crippen LogP) is 1.74. The number of nitrogens with zero attached hydrogens (tertiary/aromatic N) is 4. The van der Waals surface area contributed by atoms with E-state index in [0.29, 0.717) is 31.9 Å². The van der Waals surface area contributed by atoms with Gasteiger partial charge in [0.25, 0.3) is 11.8 Å². The van der Waals surface area contributed by atoms with Crippen molar-refractivity contribution in [2.45, 2.75) is 25.5 Å². The van der Waals surface area contributed by atoms with Crippen LogP contribution in [0.4, 0.5) is 5.69 Å². The molecule has 2 aliphatic rings. The molecule has 1 aromatic carbocycles. The van der Waals surface area contributed by atoms with Crippen molar-refractivity contribution < 1.29 is 19.1 Å². The maximum absolute atomic E-state index is 13.0. The molecule has 2 saturated heterocycles. The van der Waals surface area contributed by atoms with E-state index >= 15 is 0 Å². The van der Waals surface area contributed by atoms with Gasteiger partial charge in [-0.15, -0.1) is 0 Å². The molecule has 8 heteroatoms. The fraction of sp³-hybridized carbons (Fsp3) is 0.476. The second-order valence-corrected chi connectivity index (χ2v) is 7.84. The topological polar surface area (TPSA) is 76.9 Å². The Labute approximate surface area is 170 Å². The minimum atomic E-state index is -0.767. The molecular weight excluding hydrogens is 372 g/mol. The van der Waals surface area contributed by atoms with Crippen molar-refractivity contribution in [3.8, 4) is 0 Å². The van der Waals surface area contributed by atoms with Gasteiger partial charge in [0, 0.05) is 24.5 Å². The van der Waals surface area contributed by atoms with Crippen molar-refractivity contribution in [1.29, 1.82) is 0 Å². The Morgan fingerprint density at radius 2 is 1.97 bits per heavy atom. The van der Waals surface area contributed by atoms with Gasteiger partial charge in [0.2, 0.25) is 0 Å². The van der Waals surface area contributed by atoms with Crippen LogP contribution in [-0.4, -0.2) is 71.6 Å². The Hall–Kier alpha value is -2.71. The fourth-order valence-corrected chi connectivity index (χ4v) is 3.77. The highest BCUT2D eigenvalue weighted by Crippen LogP contribution is 2.27. The summed E-state index contributed by atoms with van der Waals surface area (Å²) in [6.07, 6.45) is 1.82. The first kappa shape index (κ1) is 19.6. The van der Waals surface area contributed by atoms with Gasteiger partial charge >= 0.3 is 0 Å². The summed E-state index contributed by atoms with van der Waals surface area (Å²) in [4.78, 5) is 29.1. The molecule has 8 nitrogen and oxygen atoms in total. The fourth-order valence-electron chi connectivity index (χ4n) is 3.77. The molecule has 1 spiro atoms. The number of ether oxygens (including phenoxy) is 2. The van der Waals surface area contributed by atoms with Crippen LogP contribution in [0.2, 0.25) is 0 Å². The molecule has 2 fully saturated rings. The van der Waals surface area contributed by atoms with Crippen LogP contribution < -0.4 is 4.90 Å². The van der Waals surface area contributed by atoms with Crippen molar-refractivity contribution >= 4 is 17.5 Å². The minimum absolute atomic E-state index is 0.00720. The monoisotopic (exact) mass is 398 g/mol. The van der Waals surface area contributed by atoms with Gasteiger partial charge in [-0.05, 0) is 32.0 Å². The van der Waals surface area contributed by atoms with Gasteiger partial charge in [0.1, 0.15) is 17.9 Å². The lowest BCUT2D eigenvalue weighted by Crippen LogP contribution is -2.60. The highest BCUT2D eigenvalue weighted by molar-refractivity contribution is 5.95. The second-order valence-electron chi connectivity index (χ2n) is 7.84. The van der Waals surface area contributed by atoms with Crippen molar-refractivity contribution in [3.05, 3.63) is 48.3 Å². The number of rotatable bonds is 3. The maximum Gasteiger partial charge on any atom is 0.274 e. The van der Waals surface area contributed by atoms with Crippen LogP contribution in [0.5, 0.6) is 0 Å². The van der Waals surface area contributed by atoms with Gasteiger partial charge < -0.3 is 19.3 Å². The summed E-state index contributed by atoms with van der Waals surface area (Å²) in [6, 6.07) is 11.4. The molecule has 1 atom stereocenters. The molecular formula is C21H26N4O4. The van der Waals surface area contributed by atoms with Crippen molar-refractivity contribution in [3.63, 3.8) is 0 Å². The van der Waals surface area contributed by atoms with E-state index < -0.39 is 5.60 Å². The first-order valence-corrected chi connectivity index (χ1v) is 9.89. The molecule has 2 aromatic rings. The van der Waals surface area contributed by atoms with Gasteiger partial charge in [-0.1, -0.05) is 18.2 Å². The van der Waals surface area contributed by atoms with Gasteiger partial charge in [0.05, 0.1) is 26.3 Å². The lowest BCUT2D eigenvalue weighted by molar-refractivity contribution is -0.128. The number of para-hydroxylation sites is 1. The van der Waals surface area contributed by atoms with E-state index in [1.165, 1.54) is 0 Å². The number of hydrogen-bond acceptors (Lipinski definition) is 5. The van der Waals surface area contributed by atoms with Crippen molar-refractivity contribution in [2.24, 2.45) is 0 Å². The van der Waals surface area contributed by atoms with Crippen molar-refractivity contribution in [2.75, 3.05) is 44.4 Å². The quantitative estimate of drug-likeness (QED) is 0.787. The molecule has 4 rings (SSSR count). The summed E-state index contributed by atoms with van der Waals surface area (Å²) in [7, 11) is 0. The van der Waals surface area contributed by atoms with Crippen molar-refractivity contribution in [1.82, 2.24) is 14.7 Å². The first-order chi connectivity index (χ1) is 14.0. The lowest BCUT2D eigenvalue weighted by atomic mass is 10.0. The molecule has 2 aliphatic heterocycles. The molecule has 0 bridgehead atoms. The van der Waals surface area contributed by atoms with Crippen LogP contribution in [0, 0.1) is 0 Å². The number of carbonyl (C=O) groups excluding carboxylic acids is 2. The number of aromatic nitrogens is 2. The van der Waals surface area contributed by atoms with Gasteiger partial charge in [-0.2, -0.15) is 5.10 Å². The van der Waals surface area contributed by atoms with Crippen LogP contribution >= 0.6 is 0 Å². The smallest absolute Gasteiger partial charge is 0.274 e. The van der Waals surface area contributed by atoms with Crippen LogP contribution in [-0.2, 0) is 14.3 Å². The van der Waals surface area contributed by atoms with Crippen LogP contribution in [0.3, 0.4) is 0 Å². The molecule has 0 radical (unpaired) electrons. The Kier molecular flexibility index (Phi) is 5.38. The molecule has 1 unspecified atom stereocenters. The minimum Gasteiger partial charge on any atom is -0.368 e. The average molecular weight is 398 g/mol. The van der Waals surface area contributed by atoms with E-state index in [2.05, 4.69) is 5.10 Å². The van der Waals surface area contributed by atoms with Gasteiger partial charge in [-0.25, -0.2) is 0 Å². The molecule has 3 heterocycles. The number of amides is 2. The molecule has 0 N–H and O–H groups in total. The van der Waals surface area contributed by atoms with E-state index in [1.807, 2.05) is 50.4 Å². The SMILES string of the molecule is CC(C)n1ccc(C(=O)N2CCOC3(COCC(=O)N(c4ccccc4)C3)C2)n1. The summed E-state index contributed by atoms with van der Waals surface area (Å²) < 4.78 is 13.5. The summed E-state index contributed by atoms with van der Waals surface area (Å²) in [5, 5.41) is 4.40.